The molecule has 2 N–H and O–H groups in total. The van der Waals surface area contributed by atoms with Crippen molar-refractivity contribution >= 4 is 17.6 Å². The molecule has 0 aromatic carbocycles. The van der Waals surface area contributed by atoms with E-state index in [9.17, 15) is 4.79 Å². The van der Waals surface area contributed by atoms with E-state index in [1.54, 1.807) is 0 Å². The summed E-state index contributed by atoms with van der Waals surface area (Å²) in [5.41, 5.74) is 2.65. The molecular weight excluding hydrogens is 380 g/mol. The zero-order valence-corrected chi connectivity index (χ0v) is 18.6. The molecule has 2 aromatic rings. The molecule has 1 unspecified atom stereocenters. The Morgan fingerprint density at radius 1 is 1.33 bits per heavy atom. The van der Waals surface area contributed by atoms with Crippen molar-refractivity contribution in [3.63, 3.8) is 0 Å². The number of aromatic nitrogens is 3. The molecule has 1 amide bonds. The largest absolute Gasteiger partial charge is 0.444 e. The Bertz CT molecular complexity index is 897. The first kappa shape index (κ1) is 20.9. The normalized spacial score (nSPS) is 22.5. The van der Waals surface area contributed by atoms with Gasteiger partial charge < -0.3 is 20.3 Å². The number of amides is 1. The van der Waals surface area contributed by atoms with Gasteiger partial charge in [-0.3, -0.25) is 0 Å². The molecule has 0 saturated carbocycles. The topological polar surface area (TPSA) is 83.8 Å². The number of aryl methyl sites for hydroxylation is 1. The summed E-state index contributed by atoms with van der Waals surface area (Å²) in [4.78, 5) is 19.1. The Balaban J connectivity index is 1.40. The van der Waals surface area contributed by atoms with Crippen molar-refractivity contribution < 1.29 is 9.53 Å². The smallest absolute Gasteiger partial charge is 0.407 e. The number of piperidine rings is 1. The summed E-state index contributed by atoms with van der Waals surface area (Å²) in [6.45, 7) is 11.2. The lowest BCUT2D eigenvalue weighted by atomic mass is 10.0. The number of fused-ring (bicyclic) bond motifs is 1. The van der Waals surface area contributed by atoms with Crippen molar-refractivity contribution in [2.24, 2.45) is 5.92 Å². The van der Waals surface area contributed by atoms with E-state index in [1.165, 1.54) is 12.8 Å². The summed E-state index contributed by atoms with van der Waals surface area (Å²) in [6.07, 6.45) is 6.36. The maximum Gasteiger partial charge on any atom is 0.407 e. The molecule has 2 aliphatic rings. The maximum absolute atomic E-state index is 11.9. The van der Waals surface area contributed by atoms with Crippen LogP contribution in [-0.4, -0.2) is 52.5 Å². The van der Waals surface area contributed by atoms with Crippen molar-refractivity contribution in [2.75, 3.05) is 31.1 Å². The fourth-order valence-electron chi connectivity index (χ4n) is 4.34. The summed E-state index contributed by atoms with van der Waals surface area (Å²) in [5.74, 6) is 1.39. The highest BCUT2D eigenvalue weighted by atomic mass is 16.6. The third-order valence-corrected chi connectivity index (χ3v) is 5.82. The number of alkyl carbamates (subject to hydrolysis) is 1. The predicted molar refractivity (Wildman–Crippen MR) is 117 cm³/mol. The lowest BCUT2D eigenvalue weighted by Gasteiger charge is -2.21. The average molecular weight is 415 g/mol. The Labute approximate surface area is 178 Å². The second kappa shape index (κ2) is 8.41. The first-order valence-corrected chi connectivity index (χ1v) is 11.1. The minimum Gasteiger partial charge on any atom is -0.444 e. The van der Waals surface area contributed by atoms with Crippen molar-refractivity contribution in [1.82, 2.24) is 25.2 Å². The van der Waals surface area contributed by atoms with Gasteiger partial charge in [-0.25, -0.2) is 14.3 Å². The van der Waals surface area contributed by atoms with Crippen molar-refractivity contribution in [3.05, 3.63) is 23.5 Å². The lowest BCUT2D eigenvalue weighted by Crippen LogP contribution is -2.36. The third kappa shape index (κ3) is 4.86. The molecule has 2 fully saturated rings. The van der Waals surface area contributed by atoms with Gasteiger partial charge in [0, 0.05) is 19.6 Å². The van der Waals surface area contributed by atoms with Crippen LogP contribution in [0.3, 0.4) is 0 Å². The molecule has 164 valence electrons. The molecule has 0 spiro atoms. The van der Waals surface area contributed by atoms with E-state index in [4.69, 9.17) is 14.8 Å². The number of rotatable bonds is 4. The van der Waals surface area contributed by atoms with Gasteiger partial charge in [0.2, 0.25) is 0 Å². The SMILES string of the molecule is Cc1cc2nc([C@@H]3CCCCN3)cn2nc1N1CCC(CNC(=O)OC(C)(C)C)C1. The van der Waals surface area contributed by atoms with Gasteiger partial charge in [0.1, 0.15) is 5.60 Å². The number of ether oxygens (including phenoxy) is 1. The van der Waals surface area contributed by atoms with Crippen LogP contribution in [0.1, 0.15) is 63.8 Å². The highest BCUT2D eigenvalue weighted by Crippen LogP contribution is 2.27. The Morgan fingerprint density at radius 3 is 2.90 bits per heavy atom. The fraction of sp³-hybridized carbons (Fsp3) is 0.682. The average Bonchev–Trinajstić information content (AvgIpc) is 3.31. The summed E-state index contributed by atoms with van der Waals surface area (Å²) >= 11 is 0. The molecule has 30 heavy (non-hydrogen) atoms. The molecule has 8 heteroatoms. The minimum absolute atomic E-state index is 0.333. The number of anilines is 1. The van der Waals surface area contributed by atoms with E-state index in [1.807, 2.05) is 25.3 Å². The first-order valence-electron chi connectivity index (χ1n) is 11.1. The highest BCUT2D eigenvalue weighted by Gasteiger charge is 2.27. The van der Waals surface area contributed by atoms with Crippen LogP contribution in [0.5, 0.6) is 0 Å². The van der Waals surface area contributed by atoms with Gasteiger partial charge >= 0.3 is 6.09 Å². The quantitative estimate of drug-likeness (QED) is 0.799. The summed E-state index contributed by atoms with van der Waals surface area (Å²) in [5, 5.41) is 11.4. The summed E-state index contributed by atoms with van der Waals surface area (Å²) in [6, 6.07) is 2.46. The highest BCUT2D eigenvalue weighted by molar-refractivity contribution is 5.67. The van der Waals surface area contributed by atoms with E-state index in [0.717, 1.165) is 55.2 Å². The van der Waals surface area contributed by atoms with Crippen LogP contribution in [0, 0.1) is 12.8 Å². The first-order chi connectivity index (χ1) is 14.3. The number of nitrogens with zero attached hydrogens (tertiary/aromatic N) is 4. The van der Waals surface area contributed by atoms with Gasteiger partial charge in [-0.15, -0.1) is 5.10 Å². The molecule has 4 heterocycles. The van der Waals surface area contributed by atoms with E-state index in [2.05, 4.69) is 34.7 Å². The summed E-state index contributed by atoms with van der Waals surface area (Å²) in [7, 11) is 0. The number of nitrogens with one attached hydrogen (secondary N) is 2. The van der Waals surface area contributed by atoms with Crippen LogP contribution < -0.4 is 15.5 Å². The second-order valence-corrected chi connectivity index (χ2v) is 9.61. The predicted octanol–water partition coefficient (Wildman–Crippen LogP) is 3.20. The fourth-order valence-corrected chi connectivity index (χ4v) is 4.34. The van der Waals surface area contributed by atoms with E-state index >= 15 is 0 Å². The van der Waals surface area contributed by atoms with E-state index < -0.39 is 5.60 Å². The monoisotopic (exact) mass is 414 g/mol. The van der Waals surface area contributed by atoms with Crippen molar-refractivity contribution in [2.45, 2.75) is 65.0 Å². The van der Waals surface area contributed by atoms with Crippen LogP contribution >= 0.6 is 0 Å². The van der Waals surface area contributed by atoms with Gasteiger partial charge in [0.25, 0.3) is 0 Å². The molecule has 0 radical (unpaired) electrons. The van der Waals surface area contributed by atoms with Crippen LogP contribution in [0.25, 0.3) is 5.65 Å². The molecule has 4 rings (SSSR count). The maximum atomic E-state index is 11.9. The van der Waals surface area contributed by atoms with Gasteiger partial charge in [0.15, 0.2) is 11.5 Å². The van der Waals surface area contributed by atoms with Crippen LogP contribution in [0.4, 0.5) is 10.6 Å². The number of imidazole rings is 1. The number of hydrogen-bond donors (Lipinski definition) is 2. The molecule has 2 aromatic heterocycles. The van der Waals surface area contributed by atoms with Gasteiger partial charge in [-0.1, -0.05) is 6.42 Å². The number of hydrogen-bond acceptors (Lipinski definition) is 6. The number of carbonyl (C=O) groups is 1. The molecule has 2 saturated heterocycles. The molecular formula is C22H34N6O2. The van der Waals surface area contributed by atoms with Gasteiger partial charge in [-0.05, 0) is 71.0 Å². The molecule has 8 nitrogen and oxygen atoms in total. The van der Waals surface area contributed by atoms with Crippen LogP contribution in [-0.2, 0) is 4.74 Å². The third-order valence-electron chi connectivity index (χ3n) is 5.82. The Hall–Kier alpha value is -2.35. The Kier molecular flexibility index (Phi) is 5.86. The van der Waals surface area contributed by atoms with Gasteiger partial charge in [-0.2, -0.15) is 0 Å². The Morgan fingerprint density at radius 2 is 2.17 bits per heavy atom. The second-order valence-electron chi connectivity index (χ2n) is 9.61. The van der Waals surface area contributed by atoms with Crippen LogP contribution in [0.2, 0.25) is 0 Å². The van der Waals surface area contributed by atoms with E-state index in [0.29, 0.717) is 18.5 Å². The zero-order chi connectivity index (χ0) is 21.3. The standard InChI is InChI=1S/C22H34N6O2/c1-15-11-19-25-18(17-7-5-6-9-23-17)14-28(19)26-20(15)27-10-8-16(13-27)12-24-21(29)30-22(2,3)4/h11,14,16-17,23H,5-10,12-13H2,1-4H3,(H,24,29)/t16?,17-/m0/s1. The molecule has 2 atom stereocenters. The zero-order valence-electron chi connectivity index (χ0n) is 18.6. The summed E-state index contributed by atoms with van der Waals surface area (Å²) < 4.78 is 7.25. The molecule has 0 aliphatic carbocycles. The lowest BCUT2D eigenvalue weighted by molar-refractivity contribution is 0.0520. The molecule has 2 aliphatic heterocycles. The van der Waals surface area contributed by atoms with Crippen molar-refractivity contribution in [1.29, 1.82) is 0 Å². The van der Waals surface area contributed by atoms with Gasteiger partial charge in [0.05, 0.1) is 17.9 Å². The molecule has 0 bridgehead atoms. The minimum atomic E-state index is -0.473. The van der Waals surface area contributed by atoms with Crippen LogP contribution in [0.15, 0.2) is 12.3 Å². The number of carbonyl (C=O) groups excluding carboxylic acids is 1. The van der Waals surface area contributed by atoms with Crippen molar-refractivity contribution in [3.8, 4) is 0 Å². The van der Waals surface area contributed by atoms with E-state index in [-0.39, 0.29) is 6.09 Å².